The zero-order valence-corrected chi connectivity index (χ0v) is 15.0. The van der Waals surface area contributed by atoms with Crippen LogP contribution in [0.4, 0.5) is 5.69 Å². The first kappa shape index (κ1) is 17.7. The van der Waals surface area contributed by atoms with E-state index >= 15 is 0 Å². The lowest BCUT2D eigenvalue weighted by atomic mass is 10.1. The van der Waals surface area contributed by atoms with Crippen LogP contribution in [0.2, 0.25) is 0 Å². The molecule has 1 aliphatic heterocycles. The summed E-state index contributed by atoms with van der Waals surface area (Å²) < 4.78 is 5.14. The van der Waals surface area contributed by atoms with Gasteiger partial charge in [-0.3, -0.25) is 14.6 Å². The average Bonchev–Trinajstić information content (AvgIpc) is 2.86. The third-order valence-electron chi connectivity index (χ3n) is 4.22. The number of para-hydroxylation sites is 1. The largest absolute Gasteiger partial charge is 0.497 e. The van der Waals surface area contributed by atoms with Gasteiger partial charge in [0.15, 0.2) is 0 Å². The van der Waals surface area contributed by atoms with Crippen LogP contribution in [0.15, 0.2) is 59.6 Å². The molecule has 3 rings (SSSR count). The summed E-state index contributed by atoms with van der Waals surface area (Å²) in [4.78, 5) is 31.2. The molecule has 0 radical (unpaired) electrons. The van der Waals surface area contributed by atoms with Gasteiger partial charge in [0.1, 0.15) is 23.7 Å². The molecule has 1 heterocycles. The molecule has 2 aromatic rings. The number of hydrogen-bond donors (Lipinski definition) is 1. The maximum absolute atomic E-state index is 12.8. The molecule has 0 aliphatic carbocycles. The highest BCUT2D eigenvalue weighted by atomic mass is 16.5. The number of nitrogens with zero attached hydrogens (tertiary/aromatic N) is 2. The molecule has 1 N–H and O–H groups in total. The van der Waals surface area contributed by atoms with Gasteiger partial charge in [0.25, 0.3) is 5.91 Å². The summed E-state index contributed by atoms with van der Waals surface area (Å²) in [7, 11) is 1.59. The number of benzene rings is 2. The first-order valence-corrected chi connectivity index (χ1v) is 8.32. The van der Waals surface area contributed by atoms with E-state index in [1.165, 1.54) is 4.90 Å². The van der Waals surface area contributed by atoms with Gasteiger partial charge in [-0.25, -0.2) is 0 Å². The number of aliphatic imine (C=N–C) groups is 1. The topological polar surface area (TPSA) is 71.0 Å². The van der Waals surface area contributed by atoms with Crippen LogP contribution in [-0.4, -0.2) is 41.7 Å². The van der Waals surface area contributed by atoms with E-state index in [4.69, 9.17) is 4.74 Å². The van der Waals surface area contributed by atoms with E-state index in [0.717, 1.165) is 0 Å². The average molecular weight is 351 g/mol. The van der Waals surface area contributed by atoms with Crippen molar-refractivity contribution in [3.63, 3.8) is 0 Å². The fourth-order valence-electron chi connectivity index (χ4n) is 2.83. The summed E-state index contributed by atoms with van der Waals surface area (Å²) in [5.41, 5.74) is 0.957. The first-order chi connectivity index (χ1) is 12.4. The number of amides is 2. The van der Waals surface area contributed by atoms with Crippen molar-refractivity contribution in [3.05, 3.63) is 60.2 Å². The molecule has 0 atom stereocenters. The molecule has 0 saturated carbocycles. The highest BCUT2D eigenvalue weighted by Gasteiger charge is 2.41. The zero-order valence-electron chi connectivity index (χ0n) is 15.0. The normalized spacial score (nSPS) is 15.6. The fraction of sp³-hybridized carbons (Fsp3) is 0.250. The molecule has 26 heavy (non-hydrogen) atoms. The van der Waals surface area contributed by atoms with Gasteiger partial charge in [0.2, 0.25) is 5.91 Å². The second-order valence-electron chi connectivity index (χ2n) is 6.49. The number of anilines is 1. The molecular formula is C20H21N3O3. The van der Waals surface area contributed by atoms with Gasteiger partial charge >= 0.3 is 0 Å². The van der Waals surface area contributed by atoms with E-state index in [9.17, 15) is 9.59 Å². The van der Waals surface area contributed by atoms with Crippen LogP contribution in [0.25, 0.3) is 0 Å². The van der Waals surface area contributed by atoms with Gasteiger partial charge < -0.3 is 15.0 Å². The molecule has 0 aromatic heterocycles. The molecule has 0 unspecified atom stereocenters. The van der Waals surface area contributed by atoms with Gasteiger partial charge in [0.05, 0.1) is 7.11 Å². The van der Waals surface area contributed by atoms with E-state index in [2.05, 4.69) is 10.3 Å². The van der Waals surface area contributed by atoms with Crippen LogP contribution >= 0.6 is 0 Å². The Morgan fingerprint density at radius 3 is 2.38 bits per heavy atom. The van der Waals surface area contributed by atoms with Gasteiger partial charge in [-0.2, -0.15) is 0 Å². The summed E-state index contributed by atoms with van der Waals surface area (Å²) in [6, 6.07) is 16.3. The Labute approximate surface area is 152 Å². The van der Waals surface area contributed by atoms with Crippen molar-refractivity contribution in [2.24, 2.45) is 4.99 Å². The molecule has 1 aliphatic rings. The first-order valence-electron chi connectivity index (χ1n) is 8.32. The minimum absolute atomic E-state index is 0.0656. The van der Waals surface area contributed by atoms with Crippen LogP contribution in [0.5, 0.6) is 5.75 Å². The summed E-state index contributed by atoms with van der Waals surface area (Å²) in [5.74, 6) is 0.185. The van der Waals surface area contributed by atoms with Crippen molar-refractivity contribution in [1.82, 2.24) is 4.90 Å². The van der Waals surface area contributed by atoms with Crippen molar-refractivity contribution in [3.8, 4) is 5.75 Å². The second-order valence-corrected chi connectivity index (χ2v) is 6.49. The Hall–Kier alpha value is -3.15. The van der Waals surface area contributed by atoms with E-state index < -0.39 is 5.66 Å². The molecule has 6 heteroatoms. The Morgan fingerprint density at radius 2 is 1.77 bits per heavy atom. The van der Waals surface area contributed by atoms with Crippen LogP contribution in [0.3, 0.4) is 0 Å². The number of hydrogen-bond acceptors (Lipinski definition) is 4. The molecular weight excluding hydrogens is 330 g/mol. The predicted molar refractivity (Wildman–Crippen MR) is 100 cm³/mol. The summed E-state index contributed by atoms with van der Waals surface area (Å²) in [6.07, 6.45) is 0. The molecule has 0 saturated heterocycles. The number of nitrogens with one attached hydrogen (secondary N) is 1. The van der Waals surface area contributed by atoms with Crippen LogP contribution in [0, 0.1) is 0 Å². The third-order valence-corrected chi connectivity index (χ3v) is 4.22. The number of methoxy groups -OCH3 is 1. The lowest BCUT2D eigenvalue weighted by Gasteiger charge is -2.28. The Kier molecular flexibility index (Phi) is 4.75. The highest BCUT2D eigenvalue weighted by molar-refractivity contribution is 6.47. The summed E-state index contributed by atoms with van der Waals surface area (Å²) in [6.45, 7) is 3.57. The Bertz CT molecular complexity index is 842. The standard InChI is InChI=1S/C20H21N3O3/c1-20(2)22-18(14-9-11-16(26-3)12-10-14)19(25)23(20)13-17(24)21-15-7-5-4-6-8-15/h4-12H,13H2,1-3H3,(H,21,24). The van der Waals surface area contributed by atoms with Crippen LogP contribution in [0.1, 0.15) is 19.4 Å². The number of carbonyl (C=O) groups is 2. The van der Waals surface area contributed by atoms with Gasteiger partial charge in [0, 0.05) is 11.3 Å². The van der Waals surface area contributed by atoms with E-state index in [1.54, 1.807) is 43.5 Å². The fourth-order valence-corrected chi connectivity index (χ4v) is 2.83. The third kappa shape index (κ3) is 3.59. The van der Waals surface area contributed by atoms with E-state index in [-0.39, 0.29) is 18.4 Å². The smallest absolute Gasteiger partial charge is 0.275 e. The summed E-state index contributed by atoms with van der Waals surface area (Å²) in [5, 5.41) is 2.80. The van der Waals surface area contributed by atoms with Crippen molar-refractivity contribution < 1.29 is 14.3 Å². The molecule has 0 bridgehead atoms. The number of rotatable bonds is 5. The van der Waals surface area contributed by atoms with Crippen molar-refractivity contribution >= 4 is 23.2 Å². The predicted octanol–water partition coefficient (Wildman–Crippen LogP) is 2.70. The molecule has 2 amide bonds. The quantitative estimate of drug-likeness (QED) is 0.900. The van der Waals surface area contributed by atoms with E-state index in [0.29, 0.717) is 22.7 Å². The number of ether oxygens (including phenoxy) is 1. The minimum Gasteiger partial charge on any atom is -0.497 e. The summed E-state index contributed by atoms with van der Waals surface area (Å²) >= 11 is 0. The molecule has 0 fully saturated rings. The number of carbonyl (C=O) groups excluding carboxylic acids is 2. The highest BCUT2D eigenvalue weighted by Crippen LogP contribution is 2.27. The van der Waals surface area contributed by atoms with Crippen LogP contribution in [-0.2, 0) is 9.59 Å². The van der Waals surface area contributed by atoms with Crippen molar-refractivity contribution in [2.75, 3.05) is 19.0 Å². The monoisotopic (exact) mass is 351 g/mol. The van der Waals surface area contributed by atoms with Crippen molar-refractivity contribution in [1.29, 1.82) is 0 Å². The van der Waals surface area contributed by atoms with Gasteiger partial charge in [-0.15, -0.1) is 0 Å². The molecule has 6 nitrogen and oxygen atoms in total. The van der Waals surface area contributed by atoms with Crippen LogP contribution < -0.4 is 10.1 Å². The Morgan fingerprint density at radius 1 is 1.12 bits per heavy atom. The molecule has 134 valence electrons. The SMILES string of the molecule is COc1ccc(C2=NC(C)(C)N(CC(=O)Nc3ccccc3)C2=O)cc1. The maximum Gasteiger partial charge on any atom is 0.275 e. The van der Waals surface area contributed by atoms with E-state index in [1.807, 2.05) is 32.0 Å². The maximum atomic E-state index is 12.8. The van der Waals surface area contributed by atoms with Gasteiger partial charge in [-0.05, 0) is 50.2 Å². The minimum atomic E-state index is -0.791. The molecule has 0 spiro atoms. The lowest BCUT2D eigenvalue weighted by Crippen LogP contribution is -2.46. The second kappa shape index (κ2) is 7.00. The lowest BCUT2D eigenvalue weighted by molar-refractivity contribution is -0.131. The van der Waals surface area contributed by atoms with Gasteiger partial charge in [-0.1, -0.05) is 18.2 Å². The Balaban J connectivity index is 1.75. The van der Waals surface area contributed by atoms with Crippen molar-refractivity contribution in [2.45, 2.75) is 19.5 Å². The molecule has 2 aromatic carbocycles. The zero-order chi connectivity index (χ0) is 18.7.